The lowest BCUT2D eigenvalue weighted by Crippen LogP contribution is -2.36. The van der Waals surface area contributed by atoms with Crippen LogP contribution in [-0.4, -0.2) is 40.7 Å². The number of benzene rings is 1. The minimum absolute atomic E-state index is 0. The van der Waals surface area contributed by atoms with Crippen LogP contribution in [-0.2, 0) is 4.79 Å². The van der Waals surface area contributed by atoms with Gasteiger partial charge < -0.3 is 10.2 Å². The second kappa shape index (κ2) is 6.75. The van der Waals surface area contributed by atoms with Crippen molar-refractivity contribution in [2.24, 2.45) is 0 Å². The van der Waals surface area contributed by atoms with E-state index in [2.05, 4.69) is 0 Å². The maximum absolute atomic E-state index is 10.6. The molecule has 0 unspecified atom stereocenters. The lowest BCUT2D eigenvalue weighted by molar-refractivity contribution is -0.138. The molecule has 0 atom stereocenters. The van der Waals surface area contributed by atoms with Gasteiger partial charge in [0.25, 0.3) is 0 Å². The molecule has 18 heavy (non-hydrogen) atoms. The monoisotopic (exact) mass is 315 g/mol. The lowest BCUT2D eigenvalue weighted by atomic mass is 9.89. The van der Waals surface area contributed by atoms with Crippen molar-refractivity contribution < 1.29 is 15.0 Å². The van der Waals surface area contributed by atoms with Gasteiger partial charge in [-0.25, -0.2) is 0 Å². The van der Waals surface area contributed by atoms with Crippen LogP contribution in [0.1, 0.15) is 24.3 Å². The highest BCUT2D eigenvalue weighted by atomic mass is 79.9. The number of nitrogens with zero attached hydrogens (tertiary/aromatic N) is 1. The van der Waals surface area contributed by atoms with Crippen molar-refractivity contribution in [3.8, 4) is 5.75 Å². The molecule has 0 spiro atoms. The molecule has 1 fully saturated rings. The van der Waals surface area contributed by atoms with Gasteiger partial charge in [0.2, 0.25) is 0 Å². The standard InChI is InChI=1S/C13H17NO3.BrH/c15-12-3-1-2-11(8-12)10-4-6-14(7-5-10)9-13(16)17;/h1-3,8,10,15H,4-7,9H2,(H,16,17);1H. The van der Waals surface area contributed by atoms with Crippen molar-refractivity contribution in [3.05, 3.63) is 29.8 Å². The Labute approximate surface area is 117 Å². The van der Waals surface area contributed by atoms with Gasteiger partial charge in [0, 0.05) is 0 Å². The molecule has 0 bridgehead atoms. The number of halogens is 1. The van der Waals surface area contributed by atoms with Crippen LogP contribution < -0.4 is 0 Å². The molecule has 0 amide bonds. The fourth-order valence-corrected chi connectivity index (χ4v) is 2.39. The molecule has 0 radical (unpaired) electrons. The molecule has 0 aromatic heterocycles. The van der Waals surface area contributed by atoms with E-state index in [1.165, 1.54) is 0 Å². The van der Waals surface area contributed by atoms with Gasteiger partial charge in [-0.15, -0.1) is 17.0 Å². The first-order valence-electron chi connectivity index (χ1n) is 5.88. The van der Waals surface area contributed by atoms with E-state index < -0.39 is 5.97 Å². The summed E-state index contributed by atoms with van der Waals surface area (Å²) in [6.45, 7) is 1.76. The highest BCUT2D eigenvalue weighted by Gasteiger charge is 2.21. The van der Waals surface area contributed by atoms with Crippen molar-refractivity contribution in [3.63, 3.8) is 0 Å². The van der Waals surface area contributed by atoms with E-state index in [-0.39, 0.29) is 23.5 Å². The summed E-state index contributed by atoms with van der Waals surface area (Å²) in [6.07, 6.45) is 1.91. The second-order valence-corrected chi connectivity index (χ2v) is 4.54. The molecule has 1 heterocycles. The third-order valence-electron chi connectivity index (χ3n) is 3.29. The summed E-state index contributed by atoms with van der Waals surface area (Å²) in [5, 5.41) is 18.1. The van der Waals surface area contributed by atoms with Gasteiger partial charge in [-0.05, 0) is 49.5 Å². The minimum atomic E-state index is -0.763. The Balaban J connectivity index is 0.00000162. The van der Waals surface area contributed by atoms with Crippen molar-refractivity contribution >= 4 is 23.0 Å². The Kier molecular flexibility index (Phi) is 5.62. The summed E-state index contributed by atoms with van der Waals surface area (Å²) in [5.74, 6) is -0.0246. The fraction of sp³-hybridized carbons (Fsp3) is 0.462. The molecule has 2 N–H and O–H groups in total. The first-order valence-corrected chi connectivity index (χ1v) is 5.88. The van der Waals surface area contributed by atoms with E-state index in [4.69, 9.17) is 5.11 Å². The Hall–Kier alpha value is -1.07. The Morgan fingerprint density at radius 2 is 2.00 bits per heavy atom. The number of carboxylic acid groups (broad SMARTS) is 1. The Morgan fingerprint density at radius 1 is 1.33 bits per heavy atom. The number of rotatable bonds is 3. The number of hydrogen-bond acceptors (Lipinski definition) is 3. The van der Waals surface area contributed by atoms with E-state index in [1.54, 1.807) is 12.1 Å². The third-order valence-corrected chi connectivity index (χ3v) is 3.29. The number of phenolic OH excluding ortho intramolecular Hbond substituents is 1. The zero-order chi connectivity index (χ0) is 12.3. The lowest BCUT2D eigenvalue weighted by Gasteiger charge is -2.31. The molecule has 1 aromatic carbocycles. The molecule has 0 saturated carbocycles. The number of hydrogen-bond donors (Lipinski definition) is 2. The molecule has 1 aromatic rings. The average Bonchev–Trinajstić information content (AvgIpc) is 2.29. The summed E-state index contributed by atoms with van der Waals surface area (Å²) >= 11 is 0. The van der Waals surface area contributed by atoms with Gasteiger partial charge in [0.05, 0.1) is 6.54 Å². The van der Waals surface area contributed by atoms with Crippen molar-refractivity contribution in [2.45, 2.75) is 18.8 Å². The van der Waals surface area contributed by atoms with Crippen LogP contribution in [0.4, 0.5) is 0 Å². The van der Waals surface area contributed by atoms with Crippen LogP contribution in [0, 0.1) is 0 Å². The average molecular weight is 316 g/mol. The van der Waals surface area contributed by atoms with Crippen LogP contribution >= 0.6 is 17.0 Å². The maximum atomic E-state index is 10.6. The number of carbonyl (C=O) groups is 1. The summed E-state index contributed by atoms with van der Waals surface area (Å²) in [7, 11) is 0. The minimum Gasteiger partial charge on any atom is -0.508 e. The number of carboxylic acids is 1. The van der Waals surface area contributed by atoms with Gasteiger partial charge in [-0.1, -0.05) is 12.1 Å². The molecule has 0 aliphatic carbocycles. The second-order valence-electron chi connectivity index (χ2n) is 4.54. The van der Waals surface area contributed by atoms with E-state index in [0.717, 1.165) is 31.5 Å². The maximum Gasteiger partial charge on any atom is 0.317 e. The van der Waals surface area contributed by atoms with Crippen LogP contribution in [0.15, 0.2) is 24.3 Å². The van der Waals surface area contributed by atoms with Gasteiger partial charge >= 0.3 is 5.97 Å². The van der Waals surface area contributed by atoms with Gasteiger partial charge in [-0.3, -0.25) is 9.69 Å². The van der Waals surface area contributed by atoms with Crippen LogP contribution in [0.5, 0.6) is 5.75 Å². The molecule has 2 rings (SSSR count). The zero-order valence-electron chi connectivity index (χ0n) is 10.1. The molecular formula is C13H18BrNO3. The summed E-state index contributed by atoms with van der Waals surface area (Å²) < 4.78 is 0. The first-order chi connectivity index (χ1) is 8.15. The predicted molar refractivity (Wildman–Crippen MR) is 74.5 cm³/mol. The Bertz CT molecular complexity index is 403. The van der Waals surface area contributed by atoms with Crippen LogP contribution in [0.25, 0.3) is 0 Å². The molecule has 1 aliphatic heterocycles. The molecule has 100 valence electrons. The van der Waals surface area contributed by atoms with Crippen molar-refractivity contribution in [1.29, 1.82) is 0 Å². The Morgan fingerprint density at radius 3 is 2.56 bits per heavy atom. The molecule has 5 heteroatoms. The zero-order valence-corrected chi connectivity index (χ0v) is 11.8. The number of phenols is 1. The van der Waals surface area contributed by atoms with Gasteiger partial charge in [-0.2, -0.15) is 0 Å². The number of aliphatic carboxylic acids is 1. The summed E-state index contributed by atoms with van der Waals surface area (Å²) in [4.78, 5) is 12.5. The SMILES string of the molecule is Br.O=C(O)CN1CCC(c2cccc(O)c2)CC1. The normalized spacial score (nSPS) is 17.1. The quantitative estimate of drug-likeness (QED) is 0.898. The molecule has 4 nitrogen and oxygen atoms in total. The molecule has 1 saturated heterocycles. The predicted octanol–water partition coefficient (Wildman–Crippen LogP) is 2.23. The highest BCUT2D eigenvalue weighted by Crippen LogP contribution is 2.29. The van der Waals surface area contributed by atoms with E-state index in [0.29, 0.717) is 11.7 Å². The topological polar surface area (TPSA) is 60.8 Å². The van der Waals surface area contributed by atoms with Crippen molar-refractivity contribution in [1.82, 2.24) is 4.90 Å². The fourth-order valence-electron chi connectivity index (χ4n) is 2.39. The smallest absolute Gasteiger partial charge is 0.317 e. The van der Waals surface area contributed by atoms with Crippen LogP contribution in [0.2, 0.25) is 0 Å². The van der Waals surface area contributed by atoms with Gasteiger partial charge in [0.1, 0.15) is 5.75 Å². The summed E-state index contributed by atoms with van der Waals surface area (Å²) in [5.41, 5.74) is 1.15. The number of aromatic hydroxyl groups is 1. The third kappa shape index (κ3) is 3.99. The number of piperidine rings is 1. The molecule has 1 aliphatic rings. The first kappa shape index (κ1) is 15.0. The largest absolute Gasteiger partial charge is 0.508 e. The van der Waals surface area contributed by atoms with Crippen molar-refractivity contribution in [2.75, 3.05) is 19.6 Å². The van der Waals surface area contributed by atoms with E-state index >= 15 is 0 Å². The summed E-state index contributed by atoms with van der Waals surface area (Å²) in [6, 6.07) is 7.35. The van der Waals surface area contributed by atoms with E-state index in [1.807, 2.05) is 17.0 Å². The van der Waals surface area contributed by atoms with E-state index in [9.17, 15) is 9.90 Å². The van der Waals surface area contributed by atoms with Crippen LogP contribution in [0.3, 0.4) is 0 Å². The van der Waals surface area contributed by atoms with Gasteiger partial charge in [0.15, 0.2) is 0 Å². The number of likely N-dealkylation sites (tertiary alicyclic amines) is 1. The molecular weight excluding hydrogens is 298 g/mol. The highest BCUT2D eigenvalue weighted by molar-refractivity contribution is 8.93.